The summed E-state index contributed by atoms with van der Waals surface area (Å²) >= 11 is 0. The van der Waals surface area contributed by atoms with Gasteiger partial charge in [0.05, 0.1) is 5.69 Å². The maximum atomic E-state index is 12.1. The van der Waals surface area contributed by atoms with Crippen LogP contribution in [0.25, 0.3) is 0 Å². The van der Waals surface area contributed by atoms with Gasteiger partial charge in [-0.25, -0.2) is 4.98 Å². The molecule has 3 rings (SSSR count). The first-order valence-corrected chi connectivity index (χ1v) is 6.43. The van der Waals surface area contributed by atoms with Crippen molar-refractivity contribution in [1.29, 1.82) is 0 Å². The lowest BCUT2D eigenvalue weighted by molar-refractivity contribution is -0.118. The maximum Gasteiger partial charge on any atom is 0.274 e. The standard InChI is InChI=1S/C15H13N3O3/c1-9-3-2-4-11(16-9)15(20)17-10-5-6-13-12(7-10)18-14(19)8-21-13/h2-7H,8H2,1H3,(H,17,20)(H,18,19). The first-order chi connectivity index (χ1) is 10.1. The molecule has 0 bridgehead atoms. The van der Waals surface area contributed by atoms with E-state index < -0.39 is 0 Å². The van der Waals surface area contributed by atoms with Crippen LogP contribution in [0.4, 0.5) is 11.4 Å². The van der Waals surface area contributed by atoms with Crippen LogP contribution in [-0.2, 0) is 4.79 Å². The highest BCUT2D eigenvalue weighted by Gasteiger charge is 2.16. The van der Waals surface area contributed by atoms with Crippen LogP contribution in [-0.4, -0.2) is 23.4 Å². The second kappa shape index (κ2) is 5.24. The first kappa shape index (κ1) is 13.1. The molecule has 0 saturated heterocycles. The highest BCUT2D eigenvalue weighted by atomic mass is 16.5. The van der Waals surface area contributed by atoms with Crippen LogP contribution in [0.2, 0.25) is 0 Å². The topological polar surface area (TPSA) is 80.3 Å². The first-order valence-electron chi connectivity index (χ1n) is 6.43. The highest BCUT2D eigenvalue weighted by Crippen LogP contribution is 2.30. The molecule has 6 nitrogen and oxygen atoms in total. The number of hydrogen-bond acceptors (Lipinski definition) is 4. The molecule has 1 aromatic carbocycles. The minimum atomic E-state index is -0.304. The van der Waals surface area contributed by atoms with Crippen molar-refractivity contribution >= 4 is 23.2 Å². The average Bonchev–Trinajstić information content (AvgIpc) is 2.46. The predicted molar refractivity (Wildman–Crippen MR) is 77.5 cm³/mol. The number of benzene rings is 1. The number of rotatable bonds is 2. The van der Waals surface area contributed by atoms with Crippen LogP contribution < -0.4 is 15.4 Å². The number of aryl methyl sites for hydroxylation is 1. The van der Waals surface area contributed by atoms with E-state index in [4.69, 9.17) is 4.74 Å². The van der Waals surface area contributed by atoms with E-state index in [0.29, 0.717) is 22.8 Å². The Bertz CT molecular complexity index is 728. The lowest BCUT2D eigenvalue weighted by Gasteiger charge is -2.18. The normalized spacial score (nSPS) is 12.9. The number of carbonyl (C=O) groups is 2. The second-order valence-corrected chi connectivity index (χ2v) is 4.67. The zero-order valence-corrected chi connectivity index (χ0v) is 11.3. The van der Waals surface area contributed by atoms with Crippen LogP contribution in [0.5, 0.6) is 5.75 Å². The van der Waals surface area contributed by atoms with Crippen molar-refractivity contribution < 1.29 is 14.3 Å². The largest absolute Gasteiger partial charge is 0.482 e. The number of nitrogens with one attached hydrogen (secondary N) is 2. The van der Waals surface area contributed by atoms with Gasteiger partial charge >= 0.3 is 0 Å². The Balaban J connectivity index is 1.80. The number of ether oxygens (including phenoxy) is 1. The van der Waals surface area contributed by atoms with Gasteiger partial charge in [0.25, 0.3) is 11.8 Å². The summed E-state index contributed by atoms with van der Waals surface area (Å²) < 4.78 is 5.26. The van der Waals surface area contributed by atoms with Crippen molar-refractivity contribution in [1.82, 2.24) is 4.98 Å². The fraction of sp³-hybridized carbons (Fsp3) is 0.133. The number of amides is 2. The molecule has 0 radical (unpaired) electrons. The third-order valence-electron chi connectivity index (χ3n) is 2.99. The van der Waals surface area contributed by atoms with Gasteiger partial charge in [0.1, 0.15) is 11.4 Å². The molecule has 2 amide bonds. The number of pyridine rings is 1. The summed E-state index contributed by atoms with van der Waals surface area (Å²) in [6, 6.07) is 10.3. The smallest absolute Gasteiger partial charge is 0.274 e. The SMILES string of the molecule is Cc1cccc(C(=O)Nc2ccc3c(c2)NC(=O)CO3)n1. The zero-order chi connectivity index (χ0) is 14.8. The lowest BCUT2D eigenvalue weighted by atomic mass is 10.2. The molecule has 0 atom stereocenters. The fourth-order valence-electron chi connectivity index (χ4n) is 2.03. The lowest BCUT2D eigenvalue weighted by Crippen LogP contribution is -2.25. The maximum absolute atomic E-state index is 12.1. The molecule has 2 heterocycles. The van der Waals surface area contributed by atoms with Crippen molar-refractivity contribution in [2.24, 2.45) is 0 Å². The van der Waals surface area contributed by atoms with Gasteiger partial charge in [-0.1, -0.05) is 6.07 Å². The van der Waals surface area contributed by atoms with Gasteiger partial charge in [-0.15, -0.1) is 0 Å². The van der Waals surface area contributed by atoms with Crippen molar-refractivity contribution in [3.8, 4) is 5.75 Å². The van der Waals surface area contributed by atoms with Crippen LogP contribution in [0.3, 0.4) is 0 Å². The number of aromatic nitrogens is 1. The molecule has 1 aromatic heterocycles. The summed E-state index contributed by atoms with van der Waals surface area (Å²) in [5, 5.41) is 5.43. The number of carbonyl (C=O) groups excluding carboxylic acids is 2. The van der Waals surface area contributed by atoms with E-state index in [1.54, 1.807) is 30.3 Å². The van der Waals surface area contributed by atoms with Gasteiger partial charge in [-0.2, -0.15) is 0 Å². The molecule has 0 fully saturated rings. The third kappa shape index (κ3) is 2.84. The molecular weight excluding hydrogens is 270 g/mol. The third-order valence-corrected chi connectivity index (χ3v) is 2.99. The molecule has 106 valence electrons. The average molecular weight is 283 g/mol. The Labute approximate surface area is 121 Å². The molecule has 6 heteroatoms. The molecule has 2 N–H and O–H groups in total. The minimum absolute atomic E-state index is 0.00587. The molecule has 0 unspecified atom stereocenters. The summed E-state index contributed by atoms with van der Waals surface area (Å²) in [6.45, 7) is 1.83. The van der Waals surface area contributed by atoms with Gasteiger partial charge < -0.3 is 15.4 Å². The molecule has 0 spiro atoms. The Morgan fingerprint density at radius 1 is 1.33 bits per heavy atom. The summed E-state index contributed by atoms with van der Waals surface area (Å²) in [5.41, 5.74) is 2.22. The van der Waals surface area contributed by atoms with E-state index in [9.17, 15) is 9.59 Å². The van der Waals surface area contributed by atoms with Gasteiger partial charge in [-0.05, 0) is 37.3 Å². The summed E-state index contributed by atoms with van der Waals surface area (Å²) in [5.74, 6) is 0.0642. The molecule has 0 aliphatic carbocycles. The number of fused-ring (bicyclic) bond motifs is 1. The highest BCUT2D eigenvalue weighted by molar-refractivity contribution is 6.04. The fourth-order valence-corrected chi connectivity index (χ4v) is 2.03. The minimum Gasteiger partial charge on any atom is -0.482 e. The van der Waals surface area contributed by atoms with E-state index in [-0.39, 0.29) is 18.4 Å². The van der Waals surface area contributed by atoms with E-state index in [1.807, 2.05) is 13.0 Å². The van der Waals surface area contributed by atoms with E-state index >= 15 is 0 Å². The van der Waals surface area contributed by atoms with Crippen molar-refractivity contribution in [3.05, 3.63) is 47.8 Å². The van der Waals surface area contributed by atoms with Crippen LogP contribution in [0.1, 0.15) is 16.2 Å². The van der Waals surface area contributed by atoms with Crippen molar-refractivity contribution in [2.45, 2.75) is 6.92 Å². The van der Waals surface area contributed by atoms with Gasteiger partial charge in [0.2, 0.25) is 0 Å². The summed E-state index contributed by atoms with van der Waals surface area (Å²) in [4.78, 5) is 27.6. The number of nitrogens with zero attached hydrogens (tertiary/aromatic N) is 1. The number of anilines is 2. The van der Waals surface area contributed by atoms with Gasteiger partial charge in [0, 0.05) is 11.4 Å². The molecule has 21 heavy (non-hydrogen) atoms. The van der Waals surface area contributed by atoms with Crippen molar-refractivity contribution in [3.63, 3.8) is 0 Å². The van der Waals surface area contributed by atoms with Crippen LogP contribution in [0, 0.1) is 6.92 Å². The zero-order valence-electron chi connectivity index (χ0n) is 11.3. The molecule has 0 saturated carbocycles. The van der Waals surface area contributed by atoms with Gasteiger partial charge in [-0.3, -0.25) is 9.59 Å². The molecular formula is C15H13N3O3. The second-order valence-electron chi connectivity index (χ2n) is 4.67. The van der Waals surface area contributed by atoms with Crippen LogP contribution >= 0.6 is 0 Å². The molecule has 1 aliphatic rings. The molecule has 1 aliphatic heterocycles. The van der Waals surface area contributed by atoms with E-state index in [1.165, 1.54) is 0 Å². The van der Waals surface area contributed by atoms with Crippen LogP contribution in [0.15, 0.2) is 36.4 Å². The Morgan fingerprint density at radius 3 is 3.00 bits per heavy atom. The van der Waals surface area contributed by atoms with E-state index in [2.05, 4.69) is 15.6 Å². The number of hydrogen-bond donors (Lipinski definition) is 2. The quantitative estimate of drug-likeness (QED) is 0.883. The Hall–Kier alpha value is -2.89. The monoisotopic (exact) mass is 283 g/mol. The predicted octanol–water partition coefficient (Wildman–Crippen LogP) is 1.97. The van der Waals surface area contributed by atoms with Crippen molar-refractivity contribution in [2.75, 3.05) is 17.2 Å². The Kier molecular flexibility index (Phi) is 3.27. The molecule has 2 aromatic rings. The van der Waals surface area contributed by atoms with Gasteiger partial charge in [0.15, 0.2) is 6.61 Å². The summed E-state index contributed by atoms with van der Waals surface area (Å²) in [6.07, 6.45) is 0. The summed E-state index contributed by atoms with van der Waals surface area (Å²) in [7, 11) is 0. The Morgan fingerprint density at radius 2 is 2.19 bits per heavy atom. The van der Waals surface area contributed by atoms with E-state index in [0.717, 1.165) is 5.69 Å².